The van der Waals surface area contributed by atoms with Gasteiger partial charge in [0.1, 0.15) is 35.5 Å². The average molecular weight is 740 g/mol. The van der Waals surface area contributed by atoms with Crippen LogP contribution in [0.15, 0.2) is 90.0 Å². The second-order valence-electron chi connectivity index (χ2n) is 13.0. The van der Waals surface area contributed by atoms with Crippen LogP contribution >= 0.6 is 0 Å². The van der Waals surface area contributed by atoms with Crippen molar-refractivity contribution in [2.75, 3.05) is 26.1 Å². The Balaban J connectivity index is 1.39. The number of H-pyrrole nitrogens is 1. The largest absolute Gasteiger partial charge is 0.497 e. The highest BCUT2D eigenvalue weighted by atomic mass is 16.6. The molecule has 15 nitrogen and oxygen atoms in total. The molecule has 5 aromatic rings. The number of aliphatic carboxylic acids is 1. The fraction of sp³-hybridized carbons (Fsp3) is 0.333. The minimum absolute atomic E-state index is 0.0120. The summed E-state index contributed by atoms with van der Waals surface area (Å²) in [5.41, 5.74) is 0.685. The number of nitrogens with one attached hydrogen (secondary N) is 2. The highest BCUT2D eigenvalue weighted by molar-refractivity contribution is 5.91. The number of amides is 1. The van der Waals surface area contributed by atoms with Crippen molar-refractivity contribution in [2.24, 2.45) is 5.92 Å². The SMILES string of the molecule is COc1ccc(C(OCC2OC(n3cnc4c(=O)[nH]c(NC(=O)C(C)C)nc43)CC2OC(=O)CCC(=O)O)(c2ccccc2)c2ccc(OC)cc2)cc1. The molecule has 15 heteroatoms. The van der Waals surface area contributed by atoms with E-state index in [1.54, 1.807) is 28.1 Å². The number of carbonyl (C=O) groups excluding carboxylic acids is 2. The lowest BCUT2D eigenvalue weighted by molar-refractivity contribution is -0.157. The van der Waals surface area contributed by atoms with Crippen LogP contribution in [-0.2, 0) is 34.2 Å². The van der Waals surface area contributed by atoms with Gasteiger partial charge in [-0.05, 0) is 41.0 Å². The third kappa shape index (κ3) is 7.96. The maximum atomic E-state index is 13.0. The fourth-order valence-corrected chi connectivity index (χ4v) is 6.32. The number of esters is 1. The number of carboxylic acids is 1. The Morgan fingerprint density at radius 1 is 0.944 bits per heavy atom. The van der Waals surface area contributed by atoms with Crippen molar-refractivity contribution in [3.63, 3.8) is 0 Å². The number of nitrogens with zero attached hydrogens (tertiary/aromatic N) is 3. The van der Waals surface area contributed by atoms with Gasteiger partial charge in [0.15, 0.2) is 11.2 Å². The van der Waals surface area contributed by atoms with Crippen LogP contribution in [-0.4, -0.2) is 75.5 Å². The number of hydrogen-bond donors (Lipinski definition) is 3. The molecule has 1 saturated heterocycles. The van der Waals surface area contributed by atoms with Gasteiger partial charge in [-0.25, -0.2) is 4.98 Å². The molecule has 3 N–H and O–H groups in total. The number of hydrogen-bond acceptors (Lipinski definition) is 11. The van der Waals surface area contributed by atoms with Gasteiger partial charge in [-0.1, -0.05) is 68.4 Å². The number of benzene rings is 3. The van der Waals surface area contributed by atoms with Gasteiger partial charge in [0.25, 0.3) is 5.56 Å². The molecule has 0 saturated carbocycles. The summed E-state index contributed by atoms with van der Waals surface area (Å²) in [4.78, 5) is 60.8. The molecule has 3 atom stereocenters. The van der Waals surface area contributed by atoms with Gasteiger partial charge in [-0.3, -0.25) is 34.0 Å². The highest BCUT2D eigenvalue weighted by Crippen LogP contribution is 2.43. The number of imidazole rings is 1. The predicted molar refractivity (Wildman–Crippen MR) is 195 cm³/mol. The molecule has 1 aliphatic rings. The van der Waals surface area contributed by atoms with E-state index in [-0.39, 0.29) is 48.4 Å². The van der Waals surface area contributed by atoms with Crippen molar-refractivity contribution in [1.29, 1.82) is 0 Å². The first-order chi connectivity index (χ1) is 26.0. The number of ether oxygens (including phenoxy) is 5. The van der Waals surface area contributed by atoms with Gasteiger partial charge in [-0.15, -0.1) is 0 Å². The molecule has 282 valence electrons. The highest BCUT2D eigenvalue weighted by Gasteiger charge is 2.44. The quantitative estimate of drug-likeness (QED) is 0.0983. The number of rotatable bonds is 15. The molecule has 0 bridgehead atoms. The van der Waals surface area contributed by atoms with E-state index in [2.05, 4.69) is 20.3 Å². The summed E-state index contributed by atoms with van der Waals surface area (Å²) in [5, 5.41) is 11.8. The van der Waals surface area contributed by atoms with Crippen LogP contribution in [0.4, 0.5) is 5.95 Å². The summed E-state index contributed by atoms with van der Waals surface area (Å²) in [6.07, 6.45) is -1.92. The number of aromatic amines is 1. The number of carbonyl (C=O) groups is 3. The molecule has 1 aliphatic heterocycles. The van der Waals surface area contributed by atoms with Crippen LogP contribution in [0.2, 0.25) is 0 Å². The van der Waals surface area contributed by atoms with Crippen LogP contribution < -0.4 is 20.3 Å². The molecule has 1 amide bonds. The Morgan fingerprint density at radius 3 is 2.13 bits per heavy atom. The smallest absolute Gasteiger partial charge is 0.306 e. The monoisotopic (exact) mass is 739 g/mol. The Labute approximate surface area is 310 Å². The Bertz CT molecular complexity index is 2100. The number of aromatic nitrogens is 4. The summed E-state index contributed by atoms with van der Waals surface area (Å²) in [6, 6.07) is 24.6. The first kappa shape index (κ1) is 37.7. The van der Waals surface area contributed by atoms with Crippen molar-refractivity contribution in [3.8, 4) is 11.5 Å². The standard InChI is InChI=1S/C39H41N5O10/c1-23(2)36(48)42-38-41-35-34(37(49)43-38)40-22-44(35)31-20-29(54-33(47)19-18-32(45)46)30(53-31)21-52-39(24-8-6-5-7-9-24,25-10-14-27(50-3)15-11-25)26-12-16-28(51-4)17-13-26/h5-17,22-23,29-31H,18-21H2,1-4H3,(H,45,46)(H2,41,42,43,48,49). The Morgan fingerprint density at radius 2 is 1.56 bits per heavy atom. The summed E-state index contributed by atoms with van der Waals surface area (Å²) >= 11 is 0. The molecule has 1 fully saturated rings. The third-order valence-electron chi connectivity index (χ3n) is 9.15. The summed E-state index contributed by atoms with van der Waals surface area (Å²) < 4.78 is 31.9. The van der Waals surface area contributed by atoms with Gasteiger partial charge in [0.05, 0.1) is 40.0 Å². The van der Waals surface area contributed by atoms with Crippen LogP contribution in [0.1, 0.15) is 56.0 Å². The van der Waals surface area contributed by atoms with E-state index in [9.17, 15) is 24.3 Å². The second kappa shape index (κ2) is 16.3. The topological polar surface area (TPSA) is 193 Å². The number of carboxylic acid groups (broad SMARTS) is 1. The molecule has 3 heterocycles. The lowest BCUT2D eigenvalue weighted by atomic mass is 9.80. The molecule has 54 heavy (non-hydrogen) atoms. The van der Waals surface area contributed by atoms with E-state index in [1.165, 1.54) is 10.9 Å². The maximum absolute atomic E-state index is 13.0. The van der Waals surface area contributed by atoms with E-state index in [0.29, 0.717) is 11.5 Å². The maximum Gasteiger partial charge on any atom is 0.306 e. The van der Waals surface area contributed by atoms with Crippen molar-refractivity contribution >= 4 is 35.0 Å². The molecular weight excluding hydrogens is 698 g/mol. The van der Waals surface area contributed by atoms with E-state index in [4.69, 9.17) is 23.7 Å². The molecular formula is C39H41N5O10. The van der Waals surface area contributed by atoms with Crippen LogP contribution in [0, 0.1) is 5.92 Å². The molecule has 0 spiro atoms. The van der Waals surface area contributed by atoms with Crippen molar-refractivity contribution in [2.45, 2.75) is 57.1 Å². The molecule has 6 rings (SSSR count). The van der Waals surface area contributed by atoms with E-state index in [0.717, 1.165) is 16.7 Å². The first-order valence-electron chi connectivity index (χ1n) is 17.3. The van der Waals surface area contributed by atoms with E-state index in [1.807, 2.05) is 78.9 Å². The van der Waals surface area contributed by atoms with Crippen molar-refractivity contribution in [3.05, 3.63) is 112 Å². The van der Waals surface area contributed by atoms with Crippen molar-refractivity contribution in [1.82, 2.24) is 19.5 Å². The van der Waals surface area contributed by atoms with E-state index < -0.39 is 48.0 Å². The molecule has 0 radical (unpaired) electrons. The average Bonchev–Trinajstić information content (AvgIpc) is 3.79. The van der Waals surface area contributed by atoms with Crippen molar-refractivity contribution < 1.29 is 43.2 Å². The lowest BCUT2D eigenvalue weighted by Gasteiger charge is -2.37. The minimum Gasteiger partial charge on any atom is -0.497 e. The van der Waals surface area contributed by atoms with Gasteiger partial charge in [-0.2, -0.15) is 4.98 Å². The zero-order chi connectivity index (χ0) is 38.4. The Hall–Kier alpha value is -6.06. The van der Waals surface area contributed by atoms with Gasteiger partial charge < -0.3 is 28.8 Å². The van der Waals surface area contributed by atoms with Crippen LogP contribution in [0.3, 0.4) is 0 Å². The van der Waals surface area contributed by atoms with Gasteiger partial charge in [0, 0.05) is 12.3 Å². The normalized spacial score (nSPS) is 17.0. The third-order valence-corrected chi connectivity index (χ3v) is 9.15. The summed E-state index contributed by atoms with van der Waals surface area (Å²) in [7, 11) is 3.17. The zero-order valence-electron chi connectivity index (χ0n) is 30.2. The summed E-state index contributed by atoms with van der Waals surface area (Å²) in [5.74, 6) is -1.34. The van der Waals surface area contributed by atoms with E-state index >= 15 is 0 Å². The lowest BCUT2D eigenvalue weighted by Crippen LogP contribution is -2.39. The minimum atomic E-state index is -1.22. The predicted octanol–water partition coefficient (Wildman–Crippen LogP) is 4.80. The number of methoxy groups -OCH3 is 2. The number of fused-ring (bicyclic) bond motifs is 1. The van der Waals surface area contributed by atoms with Crippen LogP contribution in [0.5, 0.6) is 11.5 Å². The number of anilines is 1. The second-order valence-corrected chi connectivity index (χ2v) is 13.0. The molecule has 2 aromatic heterocycles. The first-order valence-corrected chi connectivity index (χ1v) is 17.3. The molecule has 0 aliphatic carbocycles. The van der Waals surface area contributed by atoms with Crippen LogP contribution in [0.25, 0.3) is 11.2 Å². The zero-order valence-corrected chi connectivity index (χ0v) is 30.2. The summed E-state index contributed by atoms with van der Waals surface area (Å²) in [6.45, 7) is 3.30. The Kier molecular flexibility index (Phi) is 11.4. The fourth-order valence-electron chi connectivity index (χ4n) is 6.32. The van der Waals surface area contributed by atoms with Gasteiger partial charge in [0.2, 0.25) is 11.9 Å². The molecule has 3 unspecified atom stereocenters. The van der Waals surface area contributed by atoms with Gasteiger partial charge >= 0.3 is 11.9 Å². The molecule has 3 aromatic carbocycles.